The second-order valence-corrected chi connectivity index (χ2v) is 11.4. The molecule has 5 rings (SSSR count). The van der Waals surface area contributed by atoms with Gasteiger partial charge in [-0.25, -0.2) is 13.2 Å². The molecule has 2 heterocycles. The number of nitrogens with zero attached hydrogens (tertiary/aromatic N) is 2. The summed E-state index contributed by atoms with van der Waals surface area (Å²) in [5.74, 6) is -0.445. The smallest absolute Gasteiger partial charge is 0.342 e. The van der Waals surface area contributed by atoms with E-state index in [9.17, 15) is 18.0 Å². The number of anilines is 2. The Kier molecular flexibility index (Phi) is 8.63. The second kappa shape index (κ2) is 12.5. The number of ether oxygens (including phenoxy) is 3. The molecule has 0 radical (unpaired) electrons. The third-order valence-electron chi connectivity index (χ3n) is 6.71. The van der Waals surface area contributed by atoms with Crippen molar-refractivity contribution in [3.05, 3.63) is 78.4 Å². The van der Waals surface area contributed by atoms with Crippen molar-refractivity contribution in [3.63, 3.8) is 0 Å². The molecular weight excluding hydrogens is 534 g/mol. The average Bonchev–Trinajstić information content (AvgIpc) is 3.52. The Bertz CT molecular complexity index is 1450. The first kappa shape index (κ1) is 27.6. The Morgan fingerprint density at radius 1 is 0.875 bits per heavy atom. The van der Waals surface area contributed by atoms with E-state index in [1.54, 1.807) is 48.5 Å². The molecular formula is C29H31N3O7S. The van der Waals surface area contributed by atoms with Gasteiger partial charge in [-0.15, -0.1) is 0 Å². The van der Waals surface area contributed by atoms with Crippen LogP contribution in [0.5, 0.6) is 11.5 Å². The minimum atomic E-state index is -3.77. The number of hydrogen-bond acceptors (Lipinski definition) is 8. The molecule has 40 heavy (non-hydrogen) atoms. The molecule has 0 saturated carbocycles. The summed E-state index contributed by atoms with van der Waals surface area (Å²) in [6.07, 6.45) is 2.01. The minimum Gasteiger partial charge on any atom is -0.456 e. The van der Waals surface area contributed by atoms with Crippen LogP contribution in [0.25, 0.3) is 0 Å². The molecule has 0 spiro atoms. The van der Waals surface area contributed by atoms with Gasteiger partial charge in [0.1, 0.15) is 17.1 Å². The second-order valence-electron chi connectivity index (χ2n) is 9.43. The van der Waals surface area contributed by atoms with Crippen LogP contribution < -0.4 is 15.0 Å². The Balaban J connectivity index is 1.30. The molecule has 0 atom stereocenters. The number of rotatable bonds is 9. The van der Waals surface area contributed by atoms with Gasteiger partial charge in [-0.2, -0.15) is 4.31 Å². The average molecular weight is 566 g/mol. The zero-order valence-corrected chi connectivity index (χ0v) is 22.8. The highest BCUT2D eigenvalue weighted by Gasteiger charge is 2.28. The monoisotopic (exact) mass is 565 g/mol. The number of nitrogens with one attached hydrogen (secondary N) is 1. The van der Waals surface area contributed by atoms with Crippen molar-refractivity contribution in [2.24, 2.45) is 0 Å². The van der Waals surface area contributed by atoms with Crippen molar-refractivity contribution < 1.29 is 32.2 Å². The van der Waals surface area contributed by atoms with Gasteiger partial charge in [0.25, 0.3) is 5.91 Å². The van der Waals surface area contributed by atoms with Crippen LogP contribution in [0.1, 0.15) is 23.2 Å². The summed E-state index contributed by atoms with van der Waals surface area (Å²) in [4.78, 5) is 28.0. The van der Waals surface area contributed by atoms with Crippen LogP contribution in [-0.2, 0) is 24.3 Å². The van der Waals surface area contributed by atoms with Crippen molar-refractivity contribution in [2.75, 3.05) is 56.2 Å². The fourth-order valence-corrected chi connectivity index (χ4v) is 6.12. The highest BCUT2D eigenvalue weighted by Crippen LogP contribution is 2.33. The van der Waals surface area contributed by atoms with Crippen LogP contribution >= 0.6 is 0 Å². The van der Waals surface area contributed by atoms with Crippen molar-refractivity contribution >= 4 is 33.3 Å². The Morgan fingerprint density at radius 3 is 2.33 bits per heavy atom. The maximum absolute atomic E-state index is 13.3. The van der Waals surface area contributed by atoms with Crippen LogP contribution in [0.4, 0.5) is 11.4 Å². The molecule has 2 fully saturated rings. The minimum absolute atomic E-state index is 0.0802. The molecule has 3 aromatic carbocycles. The Labute approximate surface area is 233 Å². The van der Waals surface area contributed by atoms with Crippen molar-refractivity contribution in [3.8, 4) is 11.5 Å². The first-order chi connectivity index (χ1) is 19.4. The predicted molar refractivity (Wildman–Crippen MR) is 149 cm³/mol. The fraction of sp³-hybridized carbons (Fsp3) is 0.310. The number of carbonyl (C=O) groups is 2. The molecule has 1 amide bonds. The summed E-state index contributed by atoms with van der Waals surface area (Å²) in [6, 6.07) is 20.4. The van der Waals surface area contributed by atoms with E-state index < -0.39 is 28.5 Å². The first-order valence-electron chi connectivity index (χ1n) is 13.2. The van der Waals surface area contributed by atoms with Crippen molar-refractivity contribution in [1.29, 1.82) is 0 Å². The number of hydrogen-bond donors (Lipinski definition) is 1. The number of para-hydroxylation sites is 2. The van der Waals surface area contributed by atoms with E-state index in [1.165, 1.54) is 10.4 Å². The van der Waals surface area contributed by atoms with Gasteiger partial charge in [-0.1, -0.05) is 30.3 Å². The van der Waals surface area contributed by atoms with Crippen molar-refractivity contribution in [2.45, 2.75) is 17.7 Å². The molecule has 0 aromatic heterocycles. The molecule has 2 aliphatic rings. The maximum Gasteiger partial charge on any atom is 0.342 e. The summed E-state index contributed by atoms with van der Waals surface area (Å²) in [7, 11) is -3.77. The zero-order chi connectivity index (χ0) is 28.0. The van der Waals surface area contributed by atoms with Crippen LogP contribution in [0.15, 0.2) is 77.7 Å². The highest BCUT2D eigenvalue weighted by molar-refractivity contribution is 7.89. The number of amides is 1. The van der Waals surface area contributed by atoms with Crippen LogP contribution in [0, 0.1) is 0 Å². The summed E-state index contributed by atoms with van der Waals surface area (Å²) < 4.78 is 44.3. The van der Waals surface area contributed by atoms with Crippen LogP contribution in [0.2, 0.25) is 0 Å². The SMILES string of the molecule is O=C(COC(=O)c1ccccc1Oc1ccccc1)Nc1cc(S(=O)(=O)N2CCOCC2)ccc1N1CCCC1. The van der Waals surface area contributed by atoms with E-state index in [-0.39, 0.29) is 23.5 Å². The third kappa shape index (κ3) is 6.44. The van der Waals surface area contributed by atoms with Crippen LogP contribution in [0.3, 0.4) is 0 Å². The Morgan fingerprint density at radius 2 is 1.57 bits per heavy atom. The molecule has 11 heteroatoms. The van der Waals surface area contributed by atoms with Gasteiger partial charge >= 0.3 is 5.97 Å². The number of esters is 1. The lowest BCUT2D eigenvalue weighted by molar-refractivity contribution is -0.119. The molecule has 1 N–H and O–H groups in total. The van der Waals surface area contributed by atoms with Gasteiger partial charge < -0.3 is 24.4 Å². The van der Waals surface area contributed by atoms with Gasteiger partial charge in [0.05, 0.1) is 29.5 Å². The summed E-state index contributed by atoms with van der Waals surface area (Å²) in [5, 5.41) is 2.77. The largest absolute Gasteiger partial charge is 0.456 e. The highest BCUT2D eigenvalue weighted by atomic mass is 32.2. The molecule has 0 unspecified atom stereocenters. The van der Waals surface area contributed by atoms with Gasteiger partial charge in [-0.05, 0) is 55.3 Å². The molecule has 0 aliphatic carbocycles. The lowest BCUT2D eigenvalue weighted by Crippen LogP contribution is -2.40. The lowest BCUT2D eigenvalue weighted by Gasteiger charge is -2.27. The van der Waals surface area contributed by atoms with Gasteiger partial charge in [0, 0.05) is 26.2 Å². The summed E-state index contributed by atoms with van der Waals surface area (Å²) in [5.41, 5.74) is 1.25. The third-order valence-corrected chi connectivity index (χ3v) is 8.60. The first-order valence-corrected chi connectivity index (χ1v) is 14.6. The maximum atomic E-state index is 13.3. The zero-order valence-electron chi connectivity index (χ0n) is 22.0. The number of sulfonamides is 1. The molecule has 0 bridgehead atoms. The predicted octanol–water partition coefficient (Wildman–Crippen LogP) is 3.90. The van der Waals surface area contributed by atoms with Gasteiger partial charge in [-0.3, -0.25) is 4.79 Å². The lowest BCUT2D eigenvalue weighted by atomic mass is 10.2. The number of benzene rings is 3. The quantitative estimate of drug-likeness (QED) is 0.389. The van der Waals surface area contributed by atoms with E-state index in [4.69, 9.17) is 14.2 Å². The number of morpholine rings is 1. The van der Waals surface area contributed by atoms with E-state index >= 15 is 0 Å². The normalized spacial score (nSPS) is 15.9. The molecule has 2 aliphatic heterocycles. The van der Waals surface area contributed by atoms with E-state index in [0.717, 1.165) is 31.6 Å². The van der Waals surface area contributed by atoms with Crippen molar-refractivity contribution in [1.82, 2.24) is 4.31 Å². The fourth-order valence-electron chi connectivity index (χ4n) is 4.68. The van der Waals surface area contributed by atoms with E-state index in [1.807, 2.05) is 18.2 Å². The molecule has 2 saturated heterocycles. The summed E-state index contributed by atoms with van der Waals surface area (Å²) >= 11 is 0. The van der Waals surface area contributed by atoms with Gasteiger partial charge in [0.15, 0.2) is 6.61 Å². The molecule has 3 aromatic rings. The van der Waals surface area contributed by atoms with E-state index in [2.05, 4.69) is 10.2 Å². The molecule has 210 valence electrons. The Hall–Kier alpha value is -3.93. The van der Waals surface area contributed by atoms with E-state index in [0.29, 0.717) is 30.4 Å². The summed E-state index contributed by atoms with van der Waals surface area (Å²) in [6.45, 7) is 2.24. The topological polar surface area (TPSA) is 114 Å². The van der Waals surface area contributed by atoms with Gasteiger partial charge in [0.2, 0.25) is 10.0 Å². The standard InChI is InChI=1S/C29H31N3O7S/c33-28(21-38-29(34)24-10-4-5-11-27(24)39-22-8-2-1-3-9-22)30-25-20-23(12-13-26(25)31-14-6-7-15-31)40(35,36)32-16-18-37-19-17-32/h1-5,8-13,20H,6-7,14-19,21H2,(H,30,33). The molecule has 10 nitrogen and oxygen atoms in total. The number of carbonyl (C=O) groups excluding carboxylic acids is 2. The van der Waals surface area contributed by atoms with Crippen LogP contribution in [-0.4, -0.2) is 70.6 Å².